The van der Waals surface area contributed by atoms with E-state index in [0.717, 1.165) is 11.6 Å². The number of rotatable bonds is 2. The third-order valence-corrected chi connectivity index (χ3v) is 2.91. The predicted octanol–water partition coefficient (Wildman–Crippen LogP) is 3.60. The lowest BCUT2D eigenvalue weighted by atomic mass is 10.0. The van der Waals surface area contributed by atoms with Gasteiger partial charge < -0.3 is 5.73 Å². The van der Waals surface area contributed by atoms with Gasteiger partial charge in [-0.1, -0.05) is 6.07 Å². The molecule has 1 atom stereocenters. The standard InChI is InChI=1S/C14H12F4N2/c1-8-4-5-20-12(6-8)13(19)9-2-3-10(11(15)7-9)14(16,17)18/h2-7,13H,19H2,1H3. The summed E-state index contributed by atoms with van der Waals surface area (Å²) in [6.07, 6.45) is -3.17. The third kappa shape index (κ3) is 2.96. The molecule has 2 aromatic rings. The number of halogens is 4. The number of alkyl halides is 3. The normalized spacial score (nSPS) is 13.3. The molecule has 1 unspecified atom stereocenters. The Kier molecular flexibility index (Phi) is 3.76. The number of nitrogens with two attached hydrogens (primary N) is 1. The highest BCUT2D eigenvalue weighted by molar-refractivity contribution is 5.33. The van der Waals surface area contributed by atoms with Gasteiger partial charge in [-0.3, -0.25) is 4.98 Å². The van der Waals surface area contributed by atoms with Crippen molar-refractivity contribution in [3.8, 4) is 0 Å². The molecule has 106 valence electrons. The molecule has 2 nitrogen and oxygen atoms in total. The summed E-state index contributed by atoms with van der Waals surface area (Å²) in [6, 6.07) is 5.37. The monoisotopic (exact) mass is 284 g/mol. The molecule has 0 saturated carbocycles. The number of pyridine rings is 1. The number of benzene rings is 1. The van der Waals surface area contributed by atoms with Crippen molar-refractivity contribution >= 4 is 0 Å². The summed E-state index contributed by atoms with van der Waals surface area (Å²) in [4.78, 5) is 4.05. The Morgan fingerprint density at radius 2 is 1.85 bits per heavy atom. The van der Waals surface area contributed by atoms with E-state index in [1.165, 1.54) is 6.07 Å². The van der Waals surface area contributed by atoms with Gasteiger partial charge >= 0.3 is 6.18 Å². The van der Waals surface area contributed by atoms with Crippen LogP contribution >= 0.6 is 0 Å². The van der Waals surface area contributed by atoms with Crippen LogP contribution in [0.1, 0.15) is 28.4 Å². The van der Waals surface area contributed by atoms with E-state index in [9.17, 15) is 17.6 Å². The van der Waals surface area contributed by atoms with E-state index in [4.69, 9.17) is 5.73 Å². The number of aryl methyl sites for hydroxylation is 1. The molecule has 0 bridgehead atoms. The maximum absolute atomic E-state index is 13.5. The van der Waals surface area contributed by atoms with Crippen LogP contribution in [0.25, 0.3) is 0 Å². The molecule has 1 heterocycles. The van der Waals surface area contributed by atoms with Crippen molar-refractivity contribution < 1.29 is 17.6 Å². The molecular weight excluding hydrogens is 272 g/mol. The maximum Gasteiger partial charge on any atom is 0.419 e. The number of nitrogens with zero attached hydrogens (tertiary/aromatic N) is 1. The zero-order chi connectivity index (χ0) is 14.9. The number of hydrogen-bond donors (Lipinski definition) is 1. The molecule has 0 aliphatic carbocycles. The van der Waals surface area contributed by atoms with Gasteiger partial charge in [0.2, 0.25) is 0 Å². The molecule has 0 saturated heterocycles. The molecule has 0 fully saturated rings. The van der Waals surface area contributed by atoms with Crippen molar-refractivity contribution in [2.24, 2.45) is 5.73 Å². The average Bonchev–Trinajstić information content (AvgIpc) is 2.36. The predicted molar refractivity (Wildman–Crippen MR) is 66.4 cm³/mol. The molecule has 6 heteroatoms. The molecular formula is C14H12F4N2. The van der Waals surface area contributed by atoms with Gasteiger partial charge in [0.1, 0.15) is 5.82 Å². The van der Waals surface area contributed by atoms with Crippen LogP contribution in [-0.2, 0) is 6.18 Å². The smallest absolute Gasteiger partial charge is 0.319 e. The summed E-state index contributed by atoms with van der Waals surface area (Å²) < 4.78 is 50.9. The summed E-state index contributed by atoms with van der Waals surface area (Å²) in [6.45, 7) is 1.84. The van der Waals surface area contributed by atoms with E-state index in [1.54, 1.807) is 18.3 Å². The summed E-state index contributed by atoms with van der Waals surface area (Å²) >= 11 is 0. The van der Waals surface area contributed by atoms with Crippen molar-refractivity contribution in [1.29, 1.82) is 0 Å². The van der Waals surface area contributed by atoms with Gasteiger partial charge in [-0.05, 0) is 42.3 Å². The highest BCUT2D eigenvalue weighted by atomic mass is 19.4. The van der Waals surface area contributed by atoms with E-state index in [2.05, 4.69) is 4.98 Å². The van der Waals surface area contributed by atoms with Crippen LogP contribution in [0.15, 0.2) is 36.5 Å². The molecule has 20 heavy (non-hydrogen) atoms. The topological polar surface area (TPSA) is 38.9 Å². The van der Waals surface area contributed by atoms with E-state index in [0.29, 0.717) is 11.8 Å². The maximum atomic E-state index is 13.5. The Labute approximate surface area is 113 Å². The molecule has 1 aromatic carbocycles. The lowest BCUT2D eigenvalue weighted by Gasteiger charge is -2.14. The molecule has 0 spiro atoms. The van der Waals surface area contributed by atoms with E-state index in [-0.39, 0.29) is 5.56 Å². The summed E-state index contributed by atoms with van der Waals surface area (Å²) in [5, 5.41) is 0. The van der Waals surface area contributed by atoms with E-state index >= 15 is 0 Å². The van der Waals surface area contributed by atoms with Crippen LogP contribution < -0.4 is 5.73 Å². The zero-order valence-corrected chi connectivity index (χ0v) is 10.6. The van der Waals surface area contributed by atoms with Crippen molar-refractivity contribution in [1.82, 2.24) is 4.98 Å². The summed E-state index contributed by atoms with van der Waals surface area (Å²) in [7, 11) is 0. The molecule has 2 rings (SSSR count). The fraction of sp³-hybridized carbons (Fsp3) is 0.214. The van der Waals surface area contributed by atoms with Gasteiger partial charge in [0.25, 0.3) is 0 Å². The highest BCUT2D eigenvalue weighted by Crippen LogP contribution is 2.32. The van der Waals surface area contributed by atoms with Crippen LogP contribution in [-0.4, -0.2) is 4.98 Å². The van der Waals surface area contributed by atoms with Gasteiger partial charge in [0, 0.05) is 6.20 Å². The third-order valence-electron chi connectivity index (χ3n) is 2.91. The fourth-order valence-corrected chi connectivity index (χ4v) is 1.86. The molecule has 0 aliphatic rings. The minimum absolute atomic E-state index is 0.244. The van der Waals surface area contributed by atoms with Crippen molar-refractivity contribution in [2.75, 3.05) is 0 Å². The second-order valence-corrected chi connectivity index (χ2v) is 4.47. The second kappa shape index (κ2) is 5.20. The number of hydrogen-bond acceptors (Lipinski definition) is 2. The summed E-state index contributed by atoms with van der Waals surface area (Å²) in [5.41, 5.74) is 6.24. The van der Waals surface area contributed by atoms with Gasteiger partial charge in [-0.2, -0.15) is 13.2 Å². The minimum Gasteiger partial charge on any atom is -0.319 e. The molecule has 0 aliphatic heterocycles. The first-order valence-corrected chi connectivity index (χ1v) is 5.84. The van der Waals surface area contributed by atoms with Crippen molar-refractivity contribution in [2.45, 2.75) is 19.1 Å². The largest absolute Gasteiger partial charge is 0.419 e. The number of aromatic nitrogens is 1. The zero-order valence-electron chi connectivity index (χ0n) is 10.6. The van der Waals surface area contributed by atoms with Crippen LogP contribution in [0.5, 0.6) is 0 Å². The van der Waals surface area contributed by atoms with Gasteiger partial charge in [-0.25, -0.2) is 4.39 Å². The Hall–Kier alpha value is -1.95. The SMILES string of the molecule is Cc1ccnc(C(N)c2ccc(C(F)(F)F)c(F)c2)c1. The molecule has 2 N–H and O–H groups in total. The van der Waals surface area contributed by atoms with Crippen LogP contribution in [0, 0.1) is 12.7 Å². The first-order valence-electron chi connectivity index (χ1n) is 5.84. The Bertz CT molecular complexity index is 623. The van der Waals surface area contributed by atoms with Crippen LogP contribution in [0.4, 0.5) is 17.6 Å². The van der Waals surface area contributed by atoms with E-state index in [1.807, 2.05) is 6.92 Å². The first kappa shape index (κ1) is 14.5. The Morgan fingerprint density at radius 3 is 2.40 bits per heavy atom. The Morgan fingerprint density at radius 1 is 1.15 bits per heavy atom. The molecule has 0 amide bonds. The quantitative estimate of drug-likeness (QED) is 0.856. The van der Waals surface area contributed by atoms with Gasteiger partial charge in [0.05, 0.1) is 17.3 Å². The Balaban J connectivity index is 2.37. The first-order chi connectivity index (χ1) is 9.29. The van der Waals surface area contributed by atoms with Crippen LogP contribution in [0.2, 0.25) is 0 Å². The average molecular weight is 284 g/mol. The molecule has 0 radical (unpaired) electrons. The fourth-order valence-electron chi connectivity index (χ4n) is 1.86. The summed E-state index contributed by atoms with van der Waals surface area (Å²) in [5.74, 6) is -1.34. The van der Waals surface area contributed by atoms with Gasteiger partial charge in [0.15, 0.2) is 0 Å². The lowest BCUT2D eigenvalue weighted by Crippen LogP contribution is -2.15. The van der Waals surface area contributed by atoms with E-state index < -0.39 is 23.6 Å². The highest BCUT2D eigenvalue weighted by Gasteiger charge is 2.34. The lowest BCUT2D eigenvalue weighted by molar-refractivity contribution is -0.140. The molecule has 1 aromatic heterocycles. The van der Waals surface area contributed by atoms with Crippen molar-refractivity contribution in [3.63, 3.8) is 0 Å². The minimum atomic E-state index is -4.71. The second-order valence-electron chi connectivity index (χ2n) is 4.47. The van der Waals surface area contributed by atoms with Crippen molar-refractivity contribution in [3.05, 3.63) is 64.7 Å². The van der Waals surface area contributed by atoms with Crippen LogP contribution in [0.3, 0.4) is 0 Å². The van der Waals surface area contributed by atoms with Gasteiger partial charge in [-0.15, -0.1) is 0 Å².